The maximum atomic E-state index is 12.1. The van der Waals surface area contributed by atoms with Gasteiger partial charge in [0.25, 0.3) is 5.56 Å². The van der Waals surface area contributed by atoms with Crippen molar-refractivity contribution >= 4 is 13.6 Å². The molecular weight excluding hydrogens is 347 g/mol. The van der Waals surface area contributed by atoms with E-state index >= 15 is 0 Å². The lowest BCUT2D eigenvalue weighted by atomic mass is 10.0. The van der Waals surface area contributed by atoms with Crippen LogP contribution in [0.2, 0.25) is 0 Å². The summed E-state index contributed by atoms with van der Waals surface area (Å²) >= 11 is 0. The number of nitrogens with zero attached hydrogens (tertiary/aromatic N) is 1. The number of hydrogen-bond donors (Lipinski definition) is 4. The molecule has 134 valence electrons. The van der Waals surface area contributed by atoms with E-state index in [1.54, 1.807) is 0 Å². The Morgan fingerprint density at radius 3 is 2.71 bits per heavy atom. The Morgan fingerprint density at radius 2 is 2.17 bits per heavy atom. The third-order valence-corrected chi connectivity index (χ3v) is 4.21. The van der Waals surface area contributed by atoms with Crippen LogP contribution < -0.4 is 11.2 Å². The van der Waals surface area contributed by atoms with E-state index in [-0.39, 0.29) is 12.0 Å². The number of H-pyrrole nitrogens is 1. The Balaban J connectivity index is 2.42. The second-order valence-electron chi connectivity index (χ2n) is 5.50. The van der Waals surface area contributed by atoms with E-state index in [0.29, 0.717) is 0 Å². The number of ether oxygens (including phenoxy) is 1. The number of nitrogens with one attached hydrogen (secondary N) is 1. The van der Waals surface area contributed by atoms with E-state index in [1.165, 1.54) is 6.92 Å². The number of phosphoric ester groups is 1. The molecule has 0 saturated carbocycles. The Hall–Kier alpha value is -1.62. The lowest BCUT2D eigenvalue weighted by Crippen LogP contribution is -2.49. The molecule has 4 N–H and O–H groups in total. The SMILES string of the molecule is CC(=O)[C@]1(n2cc(C)c(=O)[nH]c2=O)C[C@H](O)[C@@H](COP(=O)(O)O)O1. The first-order valence-corrected chi connectivity index (χ1v) is 8.39. The second-order valence-corrected chi connectivity index (χ2v) is 6.74. The third kappa shape index (κ3) is 3.56. The van der Waals surface area contributed by atoms with Gasteiger partial charge in [-0.25, -0.2) is 9.36 Å². The number of ketones is 1. The third-order valence-electron chi connectivity index (χ3n) is 3.73. The highest BCUT2D eigenvalue weighted by Crippen LogP contribution is 2.40. The van der Waals surface area contributed by atoms with Crippen molar-refractivity contribution in [1.82, 2.24) is 9.55 Å². The van der Waals surface area contributed by atoms with Gasteiger partial charge in [-0.05, 0) is 13.8 Å². The van der Waals surface area contributed by atoms with Crippen LogP contribution in [0, 0.1) is 6.92 Å². The van der Waals surface area contributed by atoms with Crippen LogP contribution >= 0.6 is 7.82 Å². The molecule has 1 saturated heterocycles. The standard InChI is InChI=1S/C12H17N2O9P/c1-6-4-14(11(18)13-10(6)17)12(7(2)15)3-8(16)9(23-12)5-22-24(19,20)21/h4,8-9,16H,3,5H2,1-2H3,(H,13,17,18)(H2,19,20,21)/t8-,9+,12-/m0/s1. The fraction of sp³-hybridized carbons (Fsp3) is 0.583. The molecule has 1 aliphatic heterocycles. The number of aromatic amines is 1. The summed E-state index contributed by atoms with van der Waals surface area (Å²) in [5, 5.41) is 10.0. The van der Waals surface area contributed by atoms with Gasteiger partial charge >= 0.3 is 13.5 Å². The number of carbonyl (C=O) groups is 1. The van der Waals surface area contributed by atoms with Crippen molar-refractivity contribution in [3.63, 3.8) is 0 Å². The molecule has 1 aliphatic rings. The first-order valence-electron chi connectivity index (χ1n) is 6.86. The van der Waals surface area contributed by atoms with Crippen LogP contribution in [0.4, 0.5) is 0 Å². The number of aliphatic hydroxyl groups excluding tert-OH is 1. The zero-order valence-electron chi connectivity index (χ0n) is 12.8. The van der Waals surface area contributed by atoms with Crippen LogP contribution in [0.5, 0.6) is 0 Å². The molecule has 0 aromatic carbocycles. The van der Waals surface area contributed by atoms with Crippen molar-refractivity contribution in [3.05, 3.63) is 32.6 Å². The molecule has 0 spiro atoms. The van der Waals surface area contributed by atoms with Gasteiger partial charge in [0.05, 0.1) is 12.7 Å². The van der Waals surface area contributed by atoms with Crippen molar-refractivity contribution in [2.24, 2.45) is 0 Å². The van der Waals surface area contributed by atoms with Crippen LogP contribution in [-0.2, 0) is 24.3 Å². The normalized spacial score (nSPS) is 27.4. The van der Waals surface area contributed by atoms with Crippen LogP contribution in [-0.4, -0.2) is 49.0 Å². The summed E-state index contributed by atoms with van der Waals surface area (Å²) in [6.45, 7) is 1.87. The molecule has 0 radical (unpaired) electrons. The minimum absolute atomic E-state index is 0.142. The minimum Gasteiger partial charge on any atom is -0.390 e. The smallest absolute Gasteiger partial charge is 0.390 e. The highest BCUT2D eigenvalue weighted by Gasteiger charge is 2.52. The largest absolute Gasteiger partial charge is 0.469 e. The van der Waals surface area contributed by atoms with Gasteiger partial charge < -0.3 is 19.6 Å². The van der Waals surface area contributed by atoms with Crippen molar-refractivity contribution in [2.75, 3.05) is 6.61 Å². The van der Waals surface area contributed by atoms with E-state index in [1.807, 2.05) is 4.98 Å². The zero-order valence-corrected chi connectivity index (χ0v) is 13.7. The number of aryl methyl sites for hydroxylation is 1. The Kier molecular flexibility index (Phi) is 4.96. The average Bonchev–Trinajstić information content (AvgIpc) is 2.78. The summed E-state index contributed by atoms with van der Waals surface area (Å²) in [6, 6.07) is 0. The van der Waals surface area contributed by atoms with Crippen molar-refractivity contribution in [2.45, 2.75) is 38.2 Å². The monoisotopic (exact) mass is 364 g/mol. The average molecular weight is 364 g/mol. The van der Waals surface area contributed by atoms with E-state index < -0.39 is 49.4 Å². The Morgan fingerprint density at radius 1 is 1.54 bits per heavy atom. The van der Waals surface area contributed by atoms with Gasteiger partial charge in [0.15, 0.2) is 5.78 Å². The Labute approximate surface area is 135 Å². The topological polar surface area (TPSA) is 168 Å². The highest BCUT2D eigenvalue weighted by molar-refractivity contribution is 7.46. The molecule has 3 atom stereocenters. The molecular formula is C12H17N2O9P. The van der Waals surface area contributed by atoms with Gasteiger partial charge in [-0.3, -0.25) is 23.7 Å². The number of carbonyl (C=O) groups excluding carboxylic acids is 1. The summed E-state index contributed by atoms with van der Waals surface area (Å²) in [5.74, 6) is -0.631. The number of Topliss-reactive ketones (excluding diaryl/α,β-unsaturated/α-hetero) is 1. The van der Waals surface area contributed by atoms with Crippen LogP contribution in [0.25, 0.3) is 0 Å². The predicted octanol–water partition coefficient (Wildman–Crippen LogP) is -1.65. The van der Waals surface area contributed by atoms with Gasteiger partial charge in [-0.15, -0.1) is 0 Å². The zero-order chi connectivity index (χ0) is 18.3. The molecule has 1 fully saturated rings. The Bertz CT molecular complexity index is 809. The summed E-state index contributed by atoms with van der Waals surface area (Å²) < 4.78 is 21.4. The number of phosphoric acid groups is 1. The van der Waals surface area contributed by atoms with E-state index in [0.717, 1.165) is 17.7 Å². The molecule has 12 heteroatoms. The molecule has 0 amide bonds. The quantitative estimate of drug-likeness (QED) is 0.447. The molecule has 2 heterocycles. The van der Waals surface area contributed by atoms with Crippen molar-refractivity contribution in [3.8, 4) is 0 Å². The van der Waals surface area contributed by atoms with Crippen LogP contribution in [0.15, 0.2) is 15.8 Å². The van der Waals surface area contributed by atoms with Gasteiger partial charge in [0.1, 0.15) is 6.10 Å². The molecule has 1 aromatic heterocycles. The van der Waals surface area contributed by atoms with E-state index in [2.05, 4.69) is 4.52 Å². The summed E-state index contributed by atoms with van der Waals surface area (Å²) in [7, 11) is -4.80. The summed E-state index contributed by atoms with van der Waals surface area (Å²) in [5.41, 5.74) is -3.31. The molecule has 0 bridgehead atoms. The first-order chi connectivity index (χ1) is 11.0. The molecule has 0 unspecified atom stereocenters. The van der Waals surface area contributed by atoms with E-state index in [9.17, 15) is 24.1 Å². The van der Waals surface area contributed by atoms with Crippen LogP contribution in [0.1, 0.15) is 18.9 Å². The first kappa shape index (κ1) is 18.7. The number of aliphatic hydroxyl groups is 1. The van der Waals surface area contributed by atoms with Gasteiger partial charge in [-0.1, -0.05) is 0 Å². The fourth-order valence-corrected chi connectivity index (χ4v) is 2.84. The molecule has 24 heavy (non-hydrogen) atoms. The van der Waals surface area contributed by atoms with Gasteiger partial charge in [-0.2, -0.15) is 0 Å². The molecule has 0 aliphatic carbocycles. The van der Waals surface area contributed by atoms with E-state index in [4.69, 9.17) is 14.5 Å². The van der Waals surface area contributed by atoms with Crippen LogP contribution in [0.3, 0.4) is 0 Å². The maximum Gasteiger partial charge on any atom is 0.469 e. The predicted molar refractivity (Wildman–Crippen MR) is 78.2 cm³/mol. The van der Waals surface area contributed by atoms with Crippen molar-refractivity contribution in [1.29, 1.82) is 0 Å². The fourth-order valence-electron chi connectivity index (χ4n) is 2.49. The highest BCUT2D eigenvalue weighted by atomic mass is 31.2. The second kappa shape index (κ2) is 6.36. The van der Waals surface area contributed by atoms with Gasteiger partial charge in [0.2, 0.25) is 5.72 Å². The molecule has 11 nitrogen and oxygen atoms in total. The lowest BCUT2D eigenvalue weighted by molar-refractivity contribution is -0.159. The minimum atomic E-state index is -4.80. The lowest BCUT2D eigenvalue weighted by Gasteiger charge is -2.28. The van der Waals surface area contributed by atoms with Gasteiger partial charge in [0, 0.05) is 18.2 Å². The number of aromatic nitrogens is 2. The number of hydrogen-bond acceptors (Lipinski definition) is 7. The maximum absolute atomic E-state index is 12.1. The molecule has 2 rings (SSSR count). The summed E-state index contributed by atoms with van der Waals surface area (Å²) in [6.07, 6.45) is -1.79. The number of rotatable bonds is 5. The molecule has 1 aromatic rings. The summed E-state index contributed by atoms with van der Waals surface area (Å²) in [4.78, 5) is 55.1. The van der Waals surface area contributed by atoms with Crippen molar-refractivity contribution < 1.29 is 33.5 Å².